The molecule has 12 heteroatoms. The molecule has 12 nitrogen and oxygen atoms in total. The number of carboxylic acid groups (broad SMARTS) is 1. The van der Waals surface area contributed by atoms with Crippen LogP contribution in [0, 0.1) is 5.41 Å². The van der Waals surface area contributed by atoms with E-state index in [-0.39, 0.29) is 24.6 Å². The van der Waals surface area contributed by atoms with Gasteiger partial charge < -0.3 is 42.7 Å². The zero-order valence-electron chi connectivity index (χ0n) is 17.2. The summed E-state index contributed by atoms with van der Waals surface area (Å²) in [7, 11) is 0. The normalized spacial score (nSPS) is 14.5. The van der Waals surface area contributed by atoms with Gasteiger partial charge in [-0.15, -0.1) is 0 Å². The van der Waals surface area contributed by atoms with Gasteiger partial charge in [-0.3, -0.25) is 15.0 Å². The van der Waals surface area contributed by atoms with E-state index in [0.29, 0.717) is 18.5 Å². The fourth-order valence-electron chi connectivity index (χ4n) is 2.67. The van der Waals surface area contributed by atoms with Gasteiger partial charge in [0.2, 0.25) is 11.8 Å². The third-order valence-electron chi connectivity index (χ3n) is 4.40. The van der Waals surface area contributed by atoms with Crippen molar-refractivity contribution < 1.29 is 29.7 Å². The number of carbonyl (C=O) groups is 3. The van der Waals surface area contributed by atoms with E-state index in [1.807, 2.05) is 0 Å². The van der Waals surface area contributed by atoms with Crippen LogP contribution in [0.1, 0.15) is 25.3 Å². The third-order valence-corrected chi connectivity index (χ3v) is 4.40. The lowest BCUT2D eigenvalue weighted by molar-refractivity contribution is -0.142. The molecule has 1 rings (SSSR count). The smallest absolute Gasteiger partial charge is 0.326 e. The lowest BCUT2D eigenvalue weighted by atomic mass is 10.0. The van der Waals surface area contributed by atoms with Crippen molar-refractivity contribution in [3.05, 3.63) is 29.8 Å². The first-order valence-corrected chi connectivity index (χ1v) is 9.64. The molecule has 0 aromatic heterocycles. The molecule has 1 aromatic rings. The Balaban J connectivity index is 2.71. The van der Waals surface area contributed by atoms with Crippen molar-refractivity contribution in [3.63, 3.8) is 0 Å². The van der Waals surface area contributed by atoms with Crippen molar-refractivity contribution in [2.75, 3.05) is 6.54 Å². The fourth-order valence-corrected chi connectivity index (χ4v) is 2.67. The van der Waals surface area contributed by atoms with E-state index in [2.05, 4.69) is 16.0 Å². The summed E-state index contributed by atoms with van der Waals surface area (Å²) in [6, 6.07) is 2.12. The number of benzene rings is 1. The van der Waals surface area contributed by atoms with E-state index >= 15 is 0 Å². The largest absolute Gasteiger partial charge is 0.508 e. The van der Waals surface area contributed by atoms with E-state index in [4.69, 9.17) is 16.9 Å². The second-order valence-corrected chi connectivity index (χ2v) is 7.09. The predicted octanol–water partition coefficient (Wildman–Crippen LogP) is -2.04. The van der Waals surface area contributed by atoms with Gasteiger partial charge in [0.1, 0.15) is 17.8 Å². The Hall–Kier alpha value is -3.38. The van der Waals surface area contributed by atoms with Crippen molar-refractivity contribution in [2.45, 2.75) is 50.4 Å². The van der Waals surface area contributed by atoms with E-state index < -0.39 is 42.0 Å². The molecule has 4 atom stereocenters. The van der Waals surface area contributed by atoms with Crippen LogP contribution in [0.3, 0.4) is 0 Å². The Bertz CT molecular complexity index is 770. The maximum Gasteiger partial charge on any atom is 0.326 e. The first kappa shape index (κ1) is 25.7. The van der Waals surface area contributed by atoms with Gasteiger partial charge in [0, 0.05) is 13.0 Å². The minimum atomic E-state index is -1.41. The number of nitrogens with one attached hydrogen (secondary N) is 4. The SMILES string of the molecule is C[C@@H](O)[C@H](NC(=O)[C@@H](N)CCCNC(=N)N)C(=O)N[C@@H](Cc1ccc(O)cc1)C(=O)O. The number of rotatable bonds is 12. The molecular weight excluding hydrogens is 408 g/mol. The van der Waals surface area contributed by atoms with Crippen LogP contribution in [-0.2, 0) is 20.8 Å². The maximum absolute atomic E-state index is 12.6. The number of aromatic hydroxyl groups is 1. The molecule has 172 valence electrons. The zero-order chi connectivity index (χ0) is 23.6. The molecular formula is C19H30N6O6. The lowest BCUT2D eigenvalue weighted by Gasteiger charge is -2.24. The first-order chi connectivity index (χ1) is 14.5. The molecule has 2 amide bonds. The highest BCUT2D eigenvalue weighted by Gasteiger charge is 2.31. The monoisotopic (exact) mass is 438 g/mol. The molecule has 0 spiro atoms. The van der Waals surface area contributed by atoms with Crippen molar-refractivity contribution in [1.82, 2.24) is 16.0 Å². The minimum Gasteiger partial charge on any atom is -0.508 e. The number of phenolic OH excluding ortho intramolecular Hbond substituents is 1. The molecule has 0 aliphatic heterocycles. The number of carbonyl (C=O) groups excluding carboxylic acids is 2. The Morgan fingerprint density at radius 3 is 2.26 bits per heavy atom. The van der Waals surface area contributed by atoms with Crippen LogP contribution in [0.4, 0.5) is 0 Å². The highest BCUT2D eigenvalue weighted by atomic mass is 16.4. The number of hydrogen-bond acceptors (Lipinski definition) is 7. The molecule has 11 N–H and O–H groups in total. The van der Waals surface area contributed by atoms with Crippen molar-refractivity contribution in [1.29, 1.82) is 5.41 Å². The van der Waals surface area contributed by atoms with Gasteiger partial charge in [-0.1, -0.05) is 12.1 Å². The number of aliphatic hydroxyl groups is 1. The Labute approximate surface area is 179 Å². The summed E-state index contributed by atoms with van der Waals surface area (Å²) < 4.78 is 0. The minimum absolute atomic E-state index is 0.0185. The molecule has 0 fully saturated rings. The summed E-state index contributed by atoms with van der Waals surface area (Å²) in [4.78, 5) is 36.4. The number of guanidine groups is 1. The van der Waals surface area contributed by atoms with Crippen LogP contribution >= 0.6 is 0 Å². The summed E-state index contributed by atoms with van der Waals surface area (Å²) in [5.74, 6) is -3.05. The van der Waals surface area contributed by atoms with Crippen molar-refractivity contribution >= 4 is 23.7 Å². The van der Waals surface area contributed by atoms with Gasteiger partial charge in [0.05, 0.1) is 12.1 Å². The molecule has 0 radical (unpaired) electrons. The van der Waals surface area contributed by atoms with Gasteiger partial charge in [0.25, 0.3) is 0 Å². The summed E-state index contributed by atoms with van der Waals surface area (Å²) >= 11 is 0. The Kier molecular flexibility index (Phi) is 10.2. The summed E-state index contributed by atoms with van der Waals surface area (Å²) in [6.07, 6.45) is -0.699. The standard InChI is InChI=1S/C19H30N6O6/c1-10(26)15(25-16(28)13(20)3-2-8-23-19(21)22)17(29)24-14(18(30)31)9-11-4-6-12(27)7-5-11/h4-7,10,13-15,26-27H,2-3,8-9,20H2,1H3,(H,24,29)(H,25,28)(H,30,31)(H4,21,22,23)/t10-,13+,14+,15+/m1/s1. The number of amides is 2. The maximum atomic E-state index is 12.6. The van der Waals surface area contributed by atoms with Crippen LogP contribution in [0.5, 0.6) is 5.75 Å². The van der Waals surface area contributed by atoms with E-state index in [1.54, 1.807) is 0 Å². The van der Waals surface area contributed by atoms with Crippen LogP contribution < -0.4 is 27.4 Å². The number of phenols is 1. The van der Waals surface area contributed by atoms with E-state index in [1.165, 1.54) is 31.2 Å². The number of carboxylic acids is 1. The van der Waals surface area contributed by atoms with Gasteiger partial charge in [-0.05, 0) is 37.5 Å². The first-order valence-electron chi connectivity index (χ1n) is 9.64. The quantitative estimate of drug-likeness (QED) is 0.0994. The molecule has 0 unspecified atom stereocenters. The summed E-state index contributed by atoms with van der Waals surface area (Å²) in [5, 5.41) is 42.9. The molecule has 0 saturated carbocycles. The molecule has 0 saturated heterocycles. The topological polar surface area (TPSA) is 224 Å². The average molecular weight is 438 g/mol. The van der Waals surface area contributed by atoms with Crippen molar-refractivity contribution in [3.8, 4) is 5.75 Å². The van der Waals surface area contributed by atoms with Gasteiger partial charge in [-0.25, -0.2) is 4.79 Å². The molecule has 0 aliphatic rings. The molecule has 1 aromatic carbocycles. The fraction of sp³-hybridized carbons (Fsp3) is 0.474. The third kappa shape index (κ3) is 9.31. The highest BCUT2D eigenvalue weighted by Crippen LogP contribution is 2.12. The summed E-state index contributed by atoms with van der Waals surface area (Å²) in [5.41, 5.74) is 11.5. The number of nitrogens with two attached hydrogens (primary N) is 2. The lowest BCUT2D eigenvalue weighted by Crippen LogP contribution is -2.58. The number of aliphatic hydroxyl groups excluding tert-OH is 1. The Morgan fingerprint density at radius 1 is 1.13 bits per heavy atom. The highest BCUT2D eigenvalue weighted by molar-refractivity contribution is 5.92. The average Bonchev–Trinajstić information content (AvgIpc) is 2.69. The number of hydrogen-bond donors (Lipinski definition) is 9. The molecule has 0 bridgehead atoms. The molecule has 0 aliphatic carbocycles. The number of aliphatic carboxylic acids is 1. The second-order valence-electron chi connectivity index (χ2n) is 7.09. The molecule has 31 heavy (non-hydrogen) atoms. The molecule has 0 heterocycles. The van der Waals surface area contributed by atoms with Crippen LogP contribution in [0.15, 0.2) is 24.3 Å². The predicted molar refractivity (Wildman–Crippen MR) is 112 cm³/mol. The second kappa shape index (κ2) is 12.3. The van der Waals surface area contributed by atoms with Gasteiger partial charge in [-0.2, -0.15) is 0 Å². The summed E-state index contributed by atoms with van der Waals surface area (Å²) in [6.45, 7) is 1.62. The Morgan fingerprint density at radius 2 is 1.74 bits per heavy atom. The van der Waals surface area contributed by atoms with Crippen molar-refractivity contribution in [2.24, 2.45) is 11.5 Å². The van der Waals surface area contributed by atoms with Crippen LogP contribution in [-0.4, -0.2) is 69.8 Å². The van der Waals surface area contributed by atoms with Crippen LogP contribution in [0.25, 0.3) is 0 Å². The van der Waals surface area contributed by atoms with Gasteiger partial charge >= 0.3 is 5.97 Å². The van der Waals surface area contributed by atoms with E-state index in [0.717, 1.165) is 0 Å². The van der Waals surface area contributed by atoms with E-state index in [9.17, 15) is 29.7 Å². The van der Waals surface area contributed by atoms with Crippen LogP contribution in [0.2, 0.25) is 0 Å². The van der Waals surface area contributed by atoms with Gasteiger partial charge in [0.15, 0.2) is 5.96 Å². The zero-order valence-corrected chi connectivity index (χ0v) is 17.2.